The van der Waals surface area contributed by atoms with Crippen LogP contribution >= 0.6 is 11.3 Å². The number of hydrogen-bond donors (Lipinski definition) is 2. The third-order valence-electron chi connectivity index (χ3n) is 2.34. The van der Waals surface area contributed by atoms with Gasteiger partial charge in [0.05, 0.1) is 0 Å². The maximum Gasteiger partial charge on any atom is 0.0458 e. The van der Waals surface area contributed by atoms with Crippen LogP contribution in [-0.2, 0) is 0 Å². The second kappa shape index (κ2) is 5.45. The molecule has 0 aromatic carbocycles. The van der Waals surface area contributed by atoms with Gasteiger partial charge in [-0.15, -0.1) is 11.3 Å². The fraction of sp³-hybridized carbons (Fsp3) is 0.500. The van der Waals surface area contributed by atoms with Crippen molar-refractivity contribution in [1.29, 1.82) is 0 Å². The van der Waals surface area contributed by atoms with E-state index in [0.29, 0.717) is 6.54 Å². The molecule has 1 rings (SSSR count). The molecule has 1 aromatic rings. The lowest BCUT2D eigenvalue weighted by molar-refractivity contribution is 0.569. The first-order chi connectivity index (χ1) is 7.04. The van der Waals surface area contributed by atoms with Gasteiger partial charge in [0, 0.05) is 28.9 Å². The van der Waals surface area contributed by atoms with Gasteiger partial charge in [0.15, 0.2) is 0 Å². The van der Waals surface area contributed by atoms with Crippen molar-refractivity contribution in [2.45, 2.75) is 26.8 Å². The number of hydrogen-bond acceptors (Lipinski definition) is 3. The number of rotatable bonds is 5. The van der Waals surface area contributed by atoms with Gasteiger partial charge in [0.1, 0.15) is 0 Å². The fourth-order valence-electron chi connectivity index (χ4n) is 1.61. The second-order valence-electron chi connectivity index (χ2n) is 3.99. The molecule has 0 aliphatic rings. The molecule has 0 aliphatic heterocycles. The van der Waals surface area contributed by atoms with Crippen molar-refractivity contribution < 1.29 is 0 Å². The number of aryl methyl sites for hydroxylation is 2. The Hall–Kier alpha value is -0.640. The van der Waals surface area contributed by atoms with Gasteiger partial charge in [0.2, 0.25) is 0 Å². The Kier molecular flexibility index (Phi) is 4.51. The summed E-state index contributed by atoms with van der Waals surface area (Å²) in [7, 11) is 0. The summed E-state index contributed by atoms with van der Waals surface area (Å²) in [5.41, 5.74) is 8.25. The van der Waals surface area contributed by atoms with E-state index in [2.05, 4.69) is 31.8 Å². The molecular formula is C12H20N2S. The summed E-state index contributed by atoms with van der Waals surface area (Å²) in [5.74, 6) is 0. The molecule has 0 bridgehead atoms. The van der Waals surface area contributed by atoms with Gasteiger partial charge < -0.3 is 11.1 Å². The highest BCUT2D eigenvalue weighted by Gasteiger charge is 2.13. The van der Waals surface area contributed by atoms with Crippen LogP contribution in [0.3, 0.4) is 0 Å². The summed E-state index contributed by atoms with van der Waals surface area (Å²) in [5, 5.41) is 3.42. The zero-order valence-electron chi connectivity index (χ0n) is 9.76. The minimum absolute atomic E-state index is 0.256. The third-order valence-corrected chi connectivity index (χ3v) is 3.32. The first kappa shape index (κ1) is 12.4. The van der Waals surface area contributed by atoms with E-state index in [4.69, 9.17) is 5.73 Å². The standard InChI is InChI=1S/C12H20N2S/c1-8(2)7-14-12(6-13)11-5-9(3)15-10(11)4/h5,12,14H,1,6-7,13H2,2-4H3. The highest BCUT2D eigenvalue weighted by Crippen LogP contribution is 2.25. The zero-order valence-corrected chi connectivity index (χ0v) is 10.6. The van der Waals surface area contributed by atoms with E-state index in [1.165, 1.54) is 15.3 Å². The van der Waals surface area contributed by atoms with E-state index in [1.54, 1.807) is 0 Å². The Balaban J connectivity index is 2.73. The van der Waals surface area contributed by atoms with Crippen LogP contribution in [0, 0.1) is 13.8 Å². The Morgan fingerprint density at radius 1 is 1.60 bits per heavy atom. The summed E-state index contributed by atoms with van der Waals surface area (Å²) in [6, 6.07) is 2.48. The average Bonchev–Trinajstić information content (AvgIpc) is 2.46. The molecule has 1 atom stereocenters. The largest absolute Gasteiger partial charge is 0.329 e. The predicted molar refractivity (Wildman–Crippen MR) is 68.4 cm³/mol. The topological polar surface area (TPSA) is 38.0 Å². The average molecular weight is 224 g/mol. The highest BCUT2D eigenvalue weighted by molar-refractivity contribution is 7.12. The number of thiophene rings is 1. The van der Waals surface area contributed by atoms with E-state index in [-0.39, 0.29) is 6.04 Å². The Morgan fingerprint density at radius 3 is 2.67 bits per heavy atom. The quantitative estimate of drug-likeness (QED) is 0.754. The Bertz CT molecular complexity index is 341. The van der Waals surface area contributed by atoms with Crippen LogP contribution in [-0.4, -0.2) is 13.1 Å². The molecule has 3 N–H and O–H groups in total. The molecule has 2 nitrogen and oxygen atoms in total. The Labute approximate surface area is 96.2 Å². The fourth-order valence-corrected chi connectivity index (χ4v) is 2.60. The monoisotopic (exact) mass is 224 g/mol. The van der Waals surface area contributed by atoms with Gasteiger partial charge in [-0.3, -0.25) is 0 Å². The van der Waals surface area contributed by atoms with Gasteiger partial charge >= 0.3 is 0 Å². The second-order valence-corrected chi connectivity index (χ2v) is 5.46. The lowest BCUT2D eigenvalue weighted by Gasteiger charge is -2.16. The molecule has 15 heavy (non-hydrogen) atoms. The van der Waals surface area contributed by atoms with Crippen molar-refractivity contribution in [2.75, 3.05) is 13.1 Å². The van der Waals surface area contributed by atoms with Gasteiger partial charge in [-0.2, -0.15) is 0 Å². The third kappa shape index (κ3) is 3.45. The molecule has 0 fully saturated rings. The SMILES string of the molecule is C=C(C)CNC(CN)c1cc(C)sc1C. The van der Waals surface area contributed by atoms with Crippen LogP contribution in [0.5, 0.6) is 0 Å². The minimum atomic E-state index is 0.256. The summed E-state index contributed by atoms with van der Waals surface area (Å²) >= 11 is 1.83. The molecule has 3 heteroatoms. The first-order valence-corrected chi connectivity index (χ1v) is 6.01. The summed E-state index contributed by atoms with van der Waals surface area (Å²) < 4.78 is 0. The highest BCUT2D eigenvalue weighted by atomic mass is 32.1. The zero-order chi connectivity index (χ0) is 11.4. The summed E-state index contributed by atoms with van der Waals surface area (Å²) in [4.78, 5) is 2.70. The first-order valence-electron chi connectivity index (χ1n) is 5.19. The normalized spacial score (nSPS) is 12.8. The van der Waals surface area contributed by atoms with Crippen LogP contribution in [0.4, 0.5) is 0 Å². The van der Waals surface area contributed by atoms with Crippen molar-refractivity contribution in [3.8, 4) is 0 Å². The van der Waals surface area contributed by atoms with Crippen LogP contribution in [0.25, 0.3) is 0 Å². The van der Waals surface area contributed by atoms with Gasteiger partial charge in [-0.1, -0.05) is 12.2 Å². The molecule has 0 saturated heterocycles. The lowest BCUT2D eigenvalue weighted by atomic mass is 10.1. The van der Waals surface area contributed by atoms with Crippen LogP contribution in [0.15, 0.2) is 18.2 Å². The molecule has 1 unspecified atom stereocenters. The smallest absolute Gasteiger partial charge is 0.0458 e. The van der Waals surface area contributed by atoms with Gasteiger partial charge in [0.25, 0.3) is 0 Å². The molecular weight excluding hydrogens is 204 g/mol. The molecule has 0 aliphatic carbocycles. The van der Waals surface area contributed by atoms with Crippen molar-refractivity contribution in [1.82, 2.24) is 5.32 Å². The predicted octanol–water partition coefficient (Wildman–Crippen LogP) is 2.53. The molecule has 0 saturated carbocycles. The van der Waals surface area contributed by atoms with Crippen molar-refractivity contribution in [2.24, 2.45) is 5.73 Å². The van der Waals surface area contributed by atoms with Crippen molar-refractivity contribution >= 4 is 11.3 Å². The van der Waals surface area contributed by atoms with Gasteiger partial charge in [-0.05, 0) is 32.4 Å². The summed E-state index contributed by atoms with van der Waals surface area (Å²) in [6.45, 7) is 11.6. The van der Waals surface area contributed by atoms with E-state index in [1.807, 2.05) is 18.3 Å². The molecule has 0 amide bonds. The molecule has 84 valence electrons. The van der Waals surface area contributed by atoms with Gasteiger partial charge in [-0.25, -0.2) is 0 Å². The maximum atomic E-state index is 5.78. The molecule has 1 heterocycles. The van der Waals surface area contributed by atoms with Crippen molar-refractivity contribution in [3.63, 3.8) is 0 Å². The van der Waals surface area contributed by atoms with Crippen LogP contribution in [0.1, 0.15) is 28.3 Å². The lowest BCUT2D eigenvalue weighted by Crippen LogP contribution is -2.29. The van der Waals surface area contributed by atoms with Crippen LogP contribution in [0.2, 0.25) is 0 Å². The van der Waals surface area contributed by atoms with E-state index in [9.17, 15) is 0 Å². The van der Waals surface area contributed by atoms with E-state index < -0.39 is 0 Å². The maximum absolute atomic E-state index is 5.78. The minimum Gasteiger partial charge on any atom is -0.329 e. The number of nitrogens with two attached hydrogens (primary N) is 1. The number of nitrogens with one attached hydrogen (secondary N) is 1. The van der Waals surface area contributed by atoms with E-state index >= 15 is 0 Å². The molecule has 0 spiro atoms. The Morgan fingerprint density at radius 2 is 2.27 bits per heavy atom. The van der Waals surface area contributed by atoms with Crippen LogP contribution < -0.4 is 11.1 Å². The van der Waals surface area contributed by atoms with E-state index in [0.717, 1.165) is 12.1 Å². The molecule has 1 aromatic heterocycles. The molecule has 0 radical (unpaired) electrons. The van der Waals surface area contributed by atoms with Crippen molar-refractivity contribution in [3.05, 3.63) is 33.5 Å². The summed E-state index contributed by atoms with van der Waals surface area (Å²) in [6.07, 6.45) is 0.